The summed E-state index contributed by atoms with van der Waals surface area (Å²) in [5.41, 5.74) is -0.393. The lowest BCUT2D eigenvalue weighted by molar-refractivity contribution is -0.149. The minimum absolute atomic E-state index is 0.0829. The highest BCUT2D eigenvalue weighted by molar-refractivity contribution is 7.12. The summed E-state index contributed by atoms with van der Waals surface area (Å²) in [4.78, 5) is 36.8. The number of rotatable bonds is 5. The third-order valence-electron chi connectivity index (χ3n) is 4.89. The maximum atomic E-state index is 12.8. The van der Waals surface area contributed by atoms with E-state index in [0.717, 1.165) is 16.9 Å². The third kappa shape index (κ3) is 4.99. The van der Waals surface area contributed by atoms with Crippen molar-refractivity contribution in [3.05, 3.63) is 45.6 Å². The maximum absolute atomic E-state index is 12.8. The van der Waals surface area contributed by atoms with Crippen molar-refractivity contribution in [1.29, 1.82) is 0 Å². The molecule has 31 heavy (non-hydrogen) atoms. The number of aromatic carboxylic acids is 1. The van der Waals surface area contributed by atoms with Crippen LogP contribution in [0.3, 0.4) is 0 Å². The fourth-order valence-corrected chi connectivity index (χ4v) is 4.21. The molecule has 0 saturated carbocycles. The molecule has 166 valence electrons. The largest absolute Gasteiger partial charge is 0.477 e. The number of hydrogen-bond acceptors (Lipinski definition) is 7. The summed E-state index contributed by atoms with van der Waals surface area (Å²) in [7, 11) is 1.27. The quantitative estimate of drug-likeness (QED) is 0.662. The van der Waals surface area contributed by atoms with Crippen LogP contribution in [0, 0.1) is 0 Å². The molecule has 1 aliphatic carbocycles. The lowest BCUT2D eigenvalue weighted by Crippen LogP contribution is -2.59. The number of carboxylic acid groups (broad SMARTS) is 1. The minimum Gasteiger partial charge on any atom is -0.477 e. The molecule has 0 fully saturated rings. The Morgan fingerprint density at radius 2 is 1.90 bits per heavy atom. The molecule has 0 aliphatic heterocycles. The number of ether oxygens (including phenoxy) is 3. The van der Waals surface area contributed by atoms with E-state index in [2.05, 4.69) is 5.32 Å². The summed E-state index contributed by atoms with van der Waals surface area (Å²) < 4.78 is 16.3. The van der Waals surface area contributed by atoms with E-state index in [1.165, 1.54) is 7.11 Å². The molecule has 1 amide bonds. The molecule has 2 aromatic rings. The molecule has 0 bridgehead atoms. The summed E-state index contributed by atoms with van der Waals surface area (Å²) in [6, 6.07) is 7.03. The summed E-state index contributed by atoms with van der Waals surface area (Å²) in [5.74, 6) is -1.01. The summed E-state index contributed by atoms with van der Waals surface area (Å²) in [6.07, 6.45) is 0.226. The fraction of sp³-hybridized carbons (Fsp3) is 0.409. The van der Waals surface area contributed by atoms with Crippen LogP contribution in [0.15, 0.2) is 29.6 Å². The number of methoxy groups -OCH3 is 1. The third-order valence-corrected chi connectivity index (χ3v) is 5.77. The molecule has 1 aromatic heterocycles. The first-order chi connectivity index (χ1) is 14.5. The Labute approximate surface area is 184 Å². The van der Waals surface area contributed by atoms with Crippen LogP contribution in [0.1, 0.15) is 48.0 Å². The van der Waals surface area contributed by atoms with Crippen LogP contribution in [-0.2, 0) is 27.1 Å². The molecule has 1 aromatic carbocycles. The van der Waals surface area contributed by atoms with Gasteiger partial charge in [-0.1, -0.05) is 12.1 Å². The molecule has 1 aliphatic rings. The standard InChI is InChI=1S/C22H25NO7S/c1-21(2,3)30-20(27)23-22(19(26)28-4)10-8-13-6-5-7-15(14(13)12-22)29-16-9-11-31-17(16)18(24)25/h5-7,9,11H,8,10,12H2,1-4H3,(H,23,27)(H,24,25)/t22-/m0/s1. The highest BCUT2D eigenvalue weighted by atomic mass is 32.1. The number of thiophene rings is 1. The van der Waals surface area contributed by atoms with E-state index in [1.54, 1.807) is 38.3 Å². The van der Waals surface area contributed by atoms with Crippen LogP contribution in [0.4, 0.5) is 4.79 Å². The topological polar surface area (TPSA) is 111 Å². The summed E-state index contributed by atoms with van der Waals surface area (Å²) in [5, 5.41) is 13.7. The van der Waals surface area contributed by atoms with Gasteiger partial charge in [0.25, 0.3) is 0 Å². The second-order valence-corrected chi connectivity index (χ2v) is 9.21. The first-order valence-corrected chi connectivity index (χ1v) is 10.6. The fourth-order valence-electron chi connectivity index (χ4n) is 3.56. The first kappa shape index (κ1) is 22.6. The van der Waals surface area contributed by atoms with Crippen molar-refractivity contribution in [2.24, 2.45) is 0 Å². The van der Waals surface area contributed by atoms with Gasteiger partial charge in [0, 0.05) is 12.0 Å². The van der Waals surface area contributed by atoms with E-state index in [9.17, 15) is 19.5 Å². The average molecular weight is 448 g/mol. The van der Waals surface area contributed by atoms with Crippen molar-refractivity contribution < 1.29 is 33.7 Å². The highest BCUT2D eigenvalue weighted by Gasteiger charge is 2.45. The number of esters is 1. The smallest absolute Gasteiger partial charge is 0.408 e. The van der Waals surface area contributed by atoms with E-state index in [1.807, 2.05) is 12.1 Å². The monoisotopic (exact) mass is 447 g/mol. The van der Waals surface area contributed by atoms with Gasteiger partial charge in [-0.15, -0.1) is 11.3 Å². The molecule has 1 heterocycles. The predicted octanol–water partition coefficient (Wildman–Crippen LogP) is 4.16. The Morgan fingerprint density at radius 3 is 2.55 bits per heavy atom. The van der Waals surface area contributed by atoms with Gasteiger partial charge in [0.05, 0.1) is 7.11 Å². The van der Waals surface area contributed by atoms with E-state index in [0.29, 0.717) is 24.2 Å². The van der Waals surface area contributed by atoms with Gasteiger partial charge in [-0.25, -0.2) is 14.4 Å². The van der Waals surface area contributed by atoms with Crippen molar-refractivity contribution in [2.45, 2.75) is 51.2 Å². The van der Waals surface area contributed by atoms with Gasteiger partial charge >= 0.3 is 18.0 Å². The number of benzene rings is 1. The summed E-state index contributed by atoms with van der Waals surface area (Å²) in [6.45, 7) is 5.21. The number of carbonyl (C=O) groups is 3. The van der Waals surface area contributed by atoms with Crippen molar-refractivity contribution in [1.82, 2.24) is 5.32 Å². The minimum atomic E-state index is -1.33. The van der Waals surface area contributed by atoms with Gasteiger partial charge in [0.2, 0.25) is 0 Å². The van der Waals surface area contributed by atoms with Gasteiger partial charge in [-0.3, -0.25) is 0 Å². The van der Waals surface area contributed by atoms with Crippen LogP contribution in [0.5, 0.6) is 11.5 Å². The van der Waals surface area contributed by atoms with E-state index < -0.39 is 29.2 Å². The molecular weight excluding hydrogens is 422 g/mol. The predicted molar refractivity (Wildman–Crippen MR) is 114 cm³/mol. The Bertz CT molecular complexity index is 1010. The molecule has 0 saturated heterocycles. The number of carboxylic acids is 1. The van der Waals surface area contributed by atoms with Crippen molar-refractivity contribution in [3.8, 4) is 11.5 Å². The van der Waals surface area contributed by atoms with Crippen molar-refractivity contribution in [2.75, 3.05) is 7.11 Å². The summed E-state index contributed by atoms with van der Waals surface area (Å²) >= 11 is 1.06. The first-order valence-electron chi connectivity index (χ1n) is 9.73. The Morgan fingerprint density at radius 1 is 1.16 bits per heavy atom. The second-order valence-electron chi connectivity index (χ2n) is 8.29. The van der Waals surface area contributed by atoms with Crippen molar-refractivity contribution >= 4 is 29.4 Å². The highest BCUT2D eigenvalue weighted by Crippen LogP contribution is 2.39. The zero-order valence-corrected chi connectivity index (χ0v) is 18.6. The van der Waals surface area contributed by atoms with E-state index >= 15 is 0 Å². The van der Waals surface area contributed by atoms with Crippen molar-refractivity contribution in [3.63, 3.8) is 0 Å². The van der Waals surface area contributed by atoms with Gasteiger partial charge in [-0.2, -0.15) is 0 Å². The van der Waals surface area contributed by atoms with Crippen LogP contribution in [-0.4, -0.2) is 41.4 Å². The molecule has 0 radical (unpaired) electrons. The second kappa shape index (κ2) is 8.58. The molecule has 8 nitrogen and oxygen atoms in total. The Kier molecular flexibility index (Phi) is 6.26. The number of hydrogen-bond donors (Lipinski definition) is 2. The molecule has 9 heteroatoms. The Balaban J connectivity index is 1.95. The number of carbonyl (C=O) groups excluding carboxylic acids is 2. The van der Waals surface area contributed by atoms with Crippen LogP contribution in [0.2, 0.25) is 0 Å². The van der Waals surface area contributed by atoms with E-state index in [4.69, 9.17) is 14.2 Å². The average Bonchev–Trinajstić information content (AvgIpc) is 3.14. The lowest BCUT2D eigenvalue weighted by Gasteiger charge is -2.37. The molecular formula is C22H25NO7S. The van der Waals surface area contributed by atoms with Gasteiger partial charge in [0.15, 0.2) is 10.6 Å². The molecule has 1 atom stereocenters. The number of aryl methyl sites for hydroxylation is 1. The van der Waals surface area contributed by atoms with E-state index in [-0.39, 0.29) is 17.0 Å². The number of alkyl carbamates (subject to hydrolysis) is 1. The molecule has 0 spiro atoms. The molecule has 3 rings (SSSR count). The Hall–Kier alpha value is -3.07. The van der Waals surface area contributed by atoms with Gasteiger partial charge < -0.3 is 24.6 Å². The number of fused-ring (bicyclic) bond motifs is 1. The van der Waals surface area contributed by atoms with Gasteiger partial charge in [0.1, 0.15) is 16.9 Å². The van der Waals surface area contributed by atoms with Crippen LogP contribution < -0.4 is 10.1 Å². The van der Waals surface area contributed by atoms with Crippen LogP contribution >= 0.6 is 11.3 Å². The SMILES string of the molecule is COC(=O)[C@]1(NC(=O)OC(C)(C)C)CCc2cccc(Oc3ccsc3C(=O)O)c2C1. The normalized spacial score (nSPS) is 17.9. The lowest BCUT2D eigenvalue weighted by atomic mass is 9.77. The number of amides is 1. The molecule has 0 unspecified atom stereocenters. The zero-order chi connectivity index (χ0) is 22.8. The maximum Gasteiger partial charge on any atom is 0.408 e. The zero-order valence-electron chi connectivity index (χ0n) is 17.8. The van der Waals surface area contributed by atoms with Crippen LogP contribution in [0.25, 0.3) is 0 Å². The number of nitrogens with one attached hydrogen (secondary N) is 1. The van der Waals surface area contributed by atoms with Gasteiger partial charge in [-0.05, 0) is 56.7 Å². The molecule has 2 N–H and O–H groups in total.